The highest BCUT2D eigenvalue weighted by atomic mass is 32.1. The fraction of sp³-hybridized carbons (Fsp3) is 0.312. The average molecular weight is 311 g/mol. The zero-order chi connectivity index (χ0) is 14.9. The molecule has 0 saturated carbocycles. The summed E-state index contributed by atoms with van der Waals surface area (Å²) in [7, 11) is 0. The molecule has 1 aromatic carbocycles. The van der Waals surface area contributed by atoms with Crippen molar-refractivity contribution in [2.75, 3.05) is 36.0 Å². The molecule has 112 valence electrons. The van der Waals surface area contributed by atoms with Gasteiger partial charge in [0.2, 0.25) is 0 Å². The van der Waals surface area contributed by atoms with Gasteiger partial charge in [0.05, 0.1) is 10.2 Å². The SMILES string of the molecule is Cc1cc(N2CCN(c3nc4ccccc4s3)CC2)ncn1. The zero-order valence-electron chi connectivity index (χ0n) is 12.4. The predicted molar refractivity (Wildman–Crippen MR) is 90.8 cm³/mol. The molecule has 1 saturated heterocycles. The first-order valence-electron chi connectivity index (χ1n) is 7.44. The molecular weight excluding hydrogens is 294 g/mol. The monoisotopic (exact) mass is 311 g/mol. The Kier molecular flexibility index (Phi) is 3.38. The van der Waals surface area contributed by atoms with Crippen molar-refractivity contribution >= 4 is 32.5 Å². The van der Waals surface area contributed by atoms with E-state index in [2.05, 4.69) is 38.0 Å². The van der Waals surface area contributed by atoms with Crippen molar-refractivity contribution in [2.24, 2.45) is 0 Å². The van der Waals surface area contributed by atoms with Crippen molar-refractivity contribution in [1.29, 1.82) is 0 Å². The molecule has 0 spiro atoms. The van der Waals surface area contributed by atoms with Gasteiger partial charge in [0.25, 0.3) is 0 Å². The van der Waals surface area contributed by atoms with Crippen LogP contribution in [-0.2, 0) is 0 Å². The van der Waals surface area contributed by atoms with Gasteiger partial charge in [-0.2, -0.15) is 0 Å². The average Bonchev–Trinajstić information content (AvgIpc) is 2.99. The van der Waals surface area contributed by atoms with Gasteiger partial charge < -0.3 is 9.80 Å². The lowest BCUT2D eigenvalue weighted by Gasteiger charge is -2.35. The maximum atomic E-state index is 4.75. The van der Waals surface area contributed by atoms with Crippen LogP contribution < -0.4 is 9.80 Å². The standard InChI is InChI=1S/C16H17N5S/c1-12-10-15(18-11-17-12)20-6-8-21(9-7-20)16-19-13-4-2-3-5-14(13)22-16/h2-5,10-11H,6-9H2,1H3. The number of aryl methyl sites for hydroxylation is 1. The molecule has 4 rings (SSSR count). The fourth-order valence-electron chi connectivity index (χ4n) is 2.74. The van der Waals surface area contributed by atoms with Crippen molar-refractivity contribution in [3.63, 3.8) is 0 Å². The van der Waals surface area contributed by atoms with Crippen molar-refractivity contribution in [2.45, 2.75) is 6.92 Å². The first-order chi connectivity index (χ1) is 10.8. The van der Waals surface area contributed by atoms with E-state index in [1.165, 1.54) is 4.70 Å². The fourth-order valence-corrected chi connectivity index (χ4v) is 3.75. The lowest BCUT2D eigenvalue weighted by Crippen LogP contribution is -2.46. The number of aromatic nitrogens is 3. The van der Waals surface area contributed by atoms with Gasteiger partial charge in [0.15, 0.2) is 5.13 Å². The highest BCUT2D eigenvalue weighted by Gasteiger charge is 2.20. The van der Waals surface area contributed by atoms with Gasteiger partial charge in [-0.3, -0.25) is 0 Å². The summed E-state index contributed by atoms with van der Waals surface area (Å²) in [5, 5.41) is 1.12. The minimum atomic E-state index is 0.965. The Morgan fingerprint density at radius 1 is 1.00 bits per heavy atom. The van der Waals surface area contributed by atoms with Gasteiger partial charge in [-0.25, -0.2) is 15.0 Å². The van der Waals surface area contributed by atoms with E-state index >= 15 is 0 Å². The molecule has 0 aliphatic carbocycles. The molecule has 0 bridgehead atoms. The minimum Gasteiger partial charge on any atom is -0.353 e. The van der Waals surface area contributed by atoms with E-state index in [-0.39, 0.29) is 0 Å². The number of thiazole rings is 1. The van der Waals surface area contributed by atoms with Crippen LogP contribution in [0.25, 0.3) is 10.2 Å². The van der Waals surface area contributed by atoms with E-state index < -0.39 is 0 Å². The molecule has 6 heteroatoms. The van der Waals surface area contributed by atoms with Crippen LogP contribution in [0.15, 0.2) is 36.7 Å². The molecule has 22 heavy (non-hydrogen) atoms. The maximum Gasteiger partial charge on any atom is 0.186 e. The first kappa shape index (κ1) is 13.5. The van der Waals surface area contributed by atoms with Crippen LogP contribution in [0.5, 0.6) is 0 Å². The summed E-state index contributed by atoms with van der Waals surface area (Å²) < 4.78 is 1.26. The van der Waals surface area contributed by atoms with E-state index in [1.807, 2.05) is 19.1 Å². The third kappa shape index (κ3) is 2.50. The Balaban J connectivity index is 1.49. The van der Waals surface area contributed by atoms with Gasteiger partial charge in [0.1, 0.15) is 12.1 Å². The number of nitrogens with zero attached hydrogens (tertiary/aromatic N) is 5. The van der Waals surface area contributed by atoms with Gasteiger partial charge in [-0.15, -0.1) is 0 Å². The lowest BCUT2D eigenvalue weighted by atomic mass is 10.3. The van der Waals surface area contributed by atoms with Gasteiger partial charge in [-0.05, 0) is 19.1 Å². The summed E-state index contributed by atoms with van der Waals surface area (Å²) in [6.07, 6.45) is 1.64. The number of hydrogen-bond acceptors (Lipinski definition) is 6. The third-order valence-corrected chi connectivity index (χ3v) is 5.04. The quantitative estimate of drug-likeness (QED) is 0.728. The molecule has 5 nitrogen and oxygen atoms in total. The zero-order valence-corrected chi connectivity index (χ0v) is 13.3. The van der Waals surface area contributed by atoms with E-state index in [1.54, 1.807) is 17.7 Å². The number of hydrogen-bond donors (Lipinski definition) is 0. The Morgan fingerprint density at radius 2 is 1.77 bits per heavy atom. The van der Waals surface area contributed by atoms with Crippen LogP contribution in [0.1, 0.15) is 5.69 Å². The Labute approximate surface area is 133 Å². The molecule has 0 radical (unpaired) electrons. The van der Waals surface area contributed by atoms with Crippen LogP contribution in [-0.4, -0.2) is 41.1 Å². The number of fused-ring (bicyclic) bond motifs is 1. The summed E-state index contributed by atoms with van der Waals surface area (Å²) in [5.74, 6) is 1.02. The van der Waals surface area contributed by atoms with Crippen LogP contribution in [0, 0.1) is 6.92 Å². The second kappa shape index (κ2) is 5.53. The second-order valence-electron chi connectivity index (χ2n) is 5.46. The highest BCUT2D eigenvalue weighted by molar-refractivity contribution is 7.22. The molecule has 1 aliphatic rings. The maximum absolute atomic E-state index is 4.75. The summed E-state index contributed by atoms with van der Waals surface area (Å²) in [6.45, 7) is 5.88. The molecule has 2 aromatic heterocycles. The van der Waals surface area contributed by atoms with Gasteiger partial charge in [-0.1, -0.05) is 23.5 Å². The summed E-state index contributed by atoms with van der Waals surface area (Å²) in [5.41, 5.74) is 2.11. The van der Waals surface area contributed by atoms with E-state index in [9.17, 15) is 0 Å². The largest absolute Gasteiger partial charge is 0.353 e. The lowest BCUT2D eigenvalue weighted by molar-refractivity contribution is 0.645. The van der Waals surface area contributed by atoms with Crippen molar-refractivity contribution in [1.82, 2.24) is 15.0 Å². The molecule has 0 amide bonds. The second-order valence-corrected chi connectivity index (χ2v) is 6.46. The normalized spacial score (nSPS) is 15.5. The van der Waals surface area contributed by atoms with E-state index in [4.69, 9.17) is 4.98 Å². The summed E-state index contributed by atoms with van der Waals surface area (Å²) in [6, 6.07) is 10.4. The molecule has 3 aromatic rings. The number of para-hydroxylation sites is 1. The van der Waals surface area contributed by atoms with Crippen LogP contribution in [0.4, 0.5) is 10.9 Å². The molecule has 3 heterocycles. The van der Waals surface area contributed by atoms with Crippen molar-refractivity contribution in [3.05, 3.63) is 42.4 Å². The Morgan fingerprint density at radius 3 is 2.55 bits per heavy atom. The predicted octanol–water partition coefficient (Wildman–Crippen LogP) is 2.72. The third-order valence-electron chi connectivity index (χ3n) is 3.95. The molecule has 0 unspecified atom stereocenters. The van der Waals surface area contributed by atoms with Crippen molar-refractivity contribution < 1.29 is 0 Å². The van der Waals surface area contributed by atoms with E-state index in [0.717, 1.165) is 48.3 Å². The first-order valence-corrected chi connectivity index (χ1v) is 8.25. The Hall–Kier alpha value is -2.21. The van der Waals surface area contributed by atoms with Gasteiger partial charge in [0, 0.05) is 37.9 Å². The van der Waals surface area contributed by atoms with Crippen molar-refractivity contribution in [3.8, 4) is 0 Å². The van der Waals surface area contributed by atoms with Crippen LogP contribution in [0.2, 0.25) is 0 Å². The minimum absolute atomic E-state index is 0.965. The smallest absolute Gasteiger partial charge is 0.186 e. The Bertz CT molecular complexity index is 759. The number of rotatable bonds is 2. The topological polar surface area (TPSA) is 45.2 Å². The van der Waals surface area contributed by atoms with E-state index in [0.29, 0.717) is 0 Å². The van der Waals surface area contributed by atoms with Crippen LogP contribution >= 0.6 is 11.3 Å². The molecule has 1 aliphatic heterocycles. The number of piperazine rings is 1. The highest BCUT2D eigenvalue weighted by Crippen LogP contribution is 2.29. The molecular formula is C16H17N5S. The number of anilines is 2. The molecule has 0 N–H and O–H groups in total. The molecule has 0 atom stereocenters. The van der Waals surface area contributed by atoms with Gasteiger partial charge >= 0.3 is 0 Å². The number of benzene rings is 1. The van der Waals surface area contributed by atoms with Crippen LogP contribution in [0.3, 0.4) is 0 Å². The molecule has 1 fully saturated rings. The summed E-state index contributed by atoms with van der Waals surface area (Å²) in [4.78, 5) is 18.0. The summed E-state index contributed by atoms with van der Waals surface area (Å²) >= 11 is 1.77.